The van der Waals surface area contributed by atoms with E-state index in [-0.39, 0.29) is 18.0 Å². The maximum atomic E-state index is 12.0. The molecule has 1 amide bonds. The van der Waals surface area contributed by atoms with Crippen LogP contribution in [-0.2, 0) is 11.2 Å². The van der Waals surface area contributed by atoms with E-state index in [0.717, 1.165) is 12.0 Å². The van der Waals surface area contributed by atoms with E-state index in [1.165, 1.54) is 5.56 Å². The van der Waals surface area contributed by atoms with Crippen LogP contribution >= 0.6 is 0 Å². The summed E-state index contributed by atoms with van der Waals surface area (Å²) in [6, 6.07) is 8.01. The second-order valence-electron chi connectivity index (χ2n) is 5.18. The normalized spacial score (nSPS) is 24.2. The van der Waals surface area contributed by atoms with E-state index < -0.39 is 6.10 Å². The number of aliphatic hydroxyl groups is 1. The molecule has 0 saturated carbocycles. The number of carbonyl (C=O) groups excluding carboxylic acids is 1. The van der Waals surface area contributed by atoms with Crippen LogP contribution in [0, 0.1) is 0 Å². The summed E-state index contributed by atoms with van der Waals surface area (Å²) in [6.45, 7) is 4.60. The molecule has 4 heteroatoms. The molecule has 1 aromatic rings. The maximum Gasteiger partial charge on any atom is 0.237 e. The van der Waals surface area contributed by atoms with Crippen molar-refractivity contribution in [2.24, 2.45) is 0 Å². The van der Waals surface area contributed by atoms with Crippen molar-refractivity contribution in [1.29, 1.82) is 0 Å². The summed E-state index contributed by atoms with van der Waals surface area (Å²) in [6.07, 6.45) is 1.10. The minimum Gasteiger partial charge on any atom is -0.392 e. The van der Waals surface area contributed by atoms with Gasteiger partial charge < -0.3 is 15.7 Å². The first-order chi connectivity index (χ1) is 9.10. The predicted octanol–water partition coefficient (Wildman–Crippen LogP) is 1.15. The second kappa shape index (κ2) is 6.17. The third-order valence-electron chi connectivity index (χ3n) is 3.67. The molecule has 104 valence electrons. The van der Waals surface area contributed by atoms with Crippen molar-refractivity contribution in [3.8, 4) is 0 Å². The molecule has 1 saturated heterocycles. The number of amides is 1. The van der Waals surface area contributed by atoms with Crippen molar-refractivity contribution >= 4 is 5.91 Å². The van der Waals surface area contributed by atoms with E-state index in [9.17, 15) is 9.90 Å². The van der Waals surface area contributed by atoms with Crippen molar-refractivity contribution < 1.29 is 9.90 Å². The van der Waals surface area contributed by atoms with Gasteiger partial charge in [-0.1, -0.05) is 31.2 Å². The zero-order valence-corrected chi connectivity index (χ0v) is 11.5. The molecule has 0 spiro atoms. The molecule has 0 aromatic heterocycles. The van der Waals surface area contributed by atoms with Crippen LogP contribution in [0.4, 0.5) is 0 Å². The molecule has 1 fully saturated rings. The number of rotatable bonds is 4. The first kappa shape index (κ1) is 14.0. The van der Waals surface area contributed by atoms with Gasteiger partial charge in [0.1, 0.15) is 0 Å². The van der Waals surface area contributed by atoms with Crippen LogP contribution in [0.1, 0.15) is 37.4 Å². The van der Waals surface area contributed by atoms with Crippen LogP contribution in [0.25, 0.3) is 0 Å². The Morgan fingerprint density at radius 2 is 2.16 bits per heavy atom. The average molecular weight is 262 g/mol. The number of carbonyl (C=O) groups is 1. The van der Waals surface area contributed by atoms with Gasteiger partial charge in [0, 0.05) is 6.54 Å². The number of aryl methyl sites for hydroxylation is 1. The predicted molar refractivity (Wildman–Crippen MR) is 74.8 cm³/mol. The molecule has 1 aliphatic rings. The molecule has 2 rings (SSSR count). The van der Waals surface area contributed by atoms with E-state index in [2.05, 4.69) is 41.8 Å². The Morgan fingerprint density at radius 3 is 2.68 bits per heavy atom. The van der Waals surface area contributed by atoms with Gasteiger partial charge in [-0.25, -0.2) is 0 Å². The first-order valence-electron chi connectivity index (χ1n) is 6.90. The van der Waals surface area contributed by atoms with Gasteiger partial charge in [-0.3, -0.25) is 4.79 Å². The Bertz CT molecular complexity index is 430. The van der Waals surface area contributed by atoms with Gasteiger partial charge in [-0.05, 0) is 30.9 Å². The summed E-state index contributed by atoms with van der Waals surface area (Å²) in [5.74, 6) is -0.0383. The molecule has 1 aromatic carbocycles. The monoisotopic (exact) mass is 262 g/mol. The Hall–Kier alpha value is -1.39. The van der Waals surface area contributed by atoms with E-state index in [0.29, 0.717) is 13.0 Å². The highest BCUT2D eigenvalue weighted by atomic mass is 16.3. The van der Waals surface area contributed by atoms with Gasteiger partial charge in [-0.2, -0.15) is 0 Å². The number of hydrogen-bond acceptors (Lipinski definition) is 3. The summed E-state index contributed by atoms with van der Waals surface area (Å²) in [5.41, 5.74) is 2.40. The molecule has 0 bridgehead atoms. The van der Waals surface area contributed by atoms with Gasteiger partial charge in [0.15, 0.2) is 0 Å². The Morgan fingerprint density at radius 1 is 1.47 bits per heavy atom. The third kappa shape index (κ3) is 3.55. The van der Waals surface area contributed by atoms with Gasteiger partial charge in [0.25, 0.3) is 0 Å². The van der Waals surface area contributed by atoms with E-state index in [1.807, 2.05) is 6.92 Å². The lowest BCUT2D eigenvalue weighted by Gasteiger charge is -2.17. The number of aliphatic hydroxyl groups excluding tert-OH is 1. The Labute approximate surface area is 114 Å². The number of benzene rings is 1. The molecular formula is C15H22N2O2. The minimum absolute atomic E-state index is 0.0158. The molecule has 0 radical (unpaired) electrons. The van der Waals surface area contributed by atoms with E-state index in [1.54, 1.807) is 0 Å². The molecule has 1 heterocycles. The average Bonchev–Trinajstić information content (AvgIpc) is 2.85. The van der Waals surface area contributed by atoms with Crippen LogP contribution in [-0.4, -0.2) is 29.7 Å². The Balaban J connectivity index is 1.92. The highest BCUT2D eigenvalue weighted by Gasteiger charge is 2.28. The smallest absolute Gasteiger partial charge is 0.237 e. The molecule has 0 unspecified atom stereocenters. The van der Waals surface area contributed by atoms with Gasteiger partial charge >= 0.3 is 0 Å². The second-order valence-corrected chi connectivity index (χ2v) is 5.18. The lowest BCUT2D eigenvalue weighted by molar-refractivity contribution is -0.123. The Kier molecular flexibility index (Phi) is 4.56. The standard InChI is InChI=1S/C15H22N2O2/c1-3-11-4-6-12(7-5-11)10(2)17-15(19)14-8-13(18)9-16-14/h4-7,10,13-14,16,18H,3,8-9H2,1-2H3,(H,17,19)/t10-,13-,14+/m0/s1. The van der Waals surface area contributed by atoms with Crippen molar-refractivity contribution in [2.45, 2.75) is 44.9 Å². The fourth-order valence-corrected chi connectivity index (χ4v) is 2.36. The quantitative estimate of drug-likeness (QED) is 0.763. The molecule has 1 aliphatic heterocycles. The van der Waals surface area contributed by atoms with Crippen molar-refractivity contribution in [3.05, 3.63) is 35.4 Å². The highest BCUT2D eigenvalue weighted by Crippen LogP contribution is 2.15. The molecule has 0 aliphatic carbocycles. The van der Waals surface area contributed by atoms with Gasteiger partial charge in [-0.15, -0.1) is 0 Å². The number of hydrogen-bond donors (Lipinski definition) is 3. The minimum atomic E-state index is -0.408. The highest BCUT2D eigenvalue weighted by molar-refractivity contribution is 5.82. The van der Waals surface area contributed by atoms with Crippen molar-refractivity contribution in [2.75, 3.05) is 6.54 Å². The fourth-order valence-electron chi connectivity index (χ4n) is 2.36. The first-order valence-corrected chi connectivity index (χ1v) is 6.90. The topological polar surface area (TPSA) is 61.4 Å². The van der Waals surface area contributed by atoms with Crippen LogP contribution in [0.2, 0.25) is 0 Å². The molecule has 3 atom stereocenters. The van der Waals surface area contributed by atoms with E-state index in [4.69, 9.17) is 0 Å². The summed E-state index contributed by atoms with van der Waals surface area (Å²) >= 11 is 0. The van der Waals surface area contributed by atoms with Gasteiger partial charge in [0.05, 0.1) is 18.2 Å². The summed E-state index contributed by atoms with van der Waals surface area (Å²) in [5, 5.41) is 15.4. The summed E-state index contributed by atoms with van der Waals surface area (Å²) in [7, 11) is 0. The largest absolute Gasteiger partial charge is 0.392 e. The molecular weight excluding hydrogens is 240 g/mol. The zero-order valence-electron chi connectivity index (χ0n) is 11.5. The van der Waals surface area contributed by atoms with Crippen LogP contribution in [0.5, 0.6) is 0 Å². The third-order valence-corrected chi connectivity index (χ3v) is 3.67. The maximum absolute atomic E-state index is 12.0. The molecule has 3 N–H and O–H groups in total. The van der Waals surface area contributed by atoms with Crippen LogP contribution < -0.4 is 10.6 Å². The zero-order chi connectivity index (χ0) is 13.8. The summed E-state index contributed by atoms with van der Waals surface area (Å²) < 4.78 is 0. The lowest BCUT2D eigenvalue weighted by atomic mass is 10.0. The summed E-state index contributed by atoms with van der Waals surface area (Å²) in [4.78, 5) is 12.0. The lowest BCUT2D eigenvalue weighted by Crippen LogP contribution is -2.41. The van der Waals surface area contributed by atoms with Crippen LogP contribution in [0.15, 0.2) is 24.3 Å². The van der Waals surface area contributed by atoms with Crippen LogP contribution in [0.3, 0.4) is 0 Å². The van der Waals surface area contributed by atoms with Gasteiger partial charge in [0.2, 0.25) is 5.91 Å². The van der Waals surface area contributed by atoms with E-state index >= 15 is 0 Å². The number of nitrogens with one attached hydrogen (secondary N) is 2. The molecule has 4 nitrogen and oxygen atoms in total. The van der Waals surface area contributed by atoms with Crippen molar-refractivity contribution in [1.82, 2.24) is 10.6 Å². The van der Waals surface area contributed by atoms with Crippen molar-refractivity contribution in [3.63, 3.8) is 0 Å². The molecule has 19 heavy (non-hydrogen) atoms. The number of β-amino-alcohol motifs (C(OH)–C–C–N with tert-alkyl or cyclic N) is 1. The SMILES string of the molecule is CCc1ccc([C@H](C)NC(=O)[C@H]2C[C@H](O)CN2)cc1. The fraction of sp³-hybridized carbons (Fsp3) is 0.533.